The molecule has 7 nitrogen and oxygen atoms in total. The van der Waals surface area contributed by atoms with E-state index in [0.29, 0.717) is 24.3 Å². The number of halogens is 1. The van der Waals surface area contributed by atoms with Gasteiger partial charge in [-0.2, -0.15) is 4.31 Å². The highest BCUT2D eigenvalue weighted by Crippen LogP contribution is 2.42. The highest BCUT2D eigenvalue weighted by atomic mass is 35.5. The van der Waals surface area contributed by atoms with Crippen molar-refractivity contribution in [3.63, 3.8) is 0 Å². The zero-order chi connectivity index (χ0) is 19.3. The van der Waals surface area contributed by atoms with Crippen LogP contribution in [-0.2, 0) is 24.8 Å². The van der Waals surface area contributed by atoms with Crippen LogP contribution in [0.4, 0.5) is 0 Å². The van der Waals surface area contributed by atoms with Crippen molar-refractivity contribution >= 4 is 37.6 Å². The van der Waals surface area contributed by atoms with Crippen molar-refractivity contribution in [1.82, 2.24) is 8.61 Å². The first-order valence-corrected chi connectivity index (χ1v) is 12.1. The summed E-state index contributed by atoms with van der Waals surface area (Å²) in [6.45, 7) is 2.07. The number of hydrogen-bond donors (Lipinski definition) is 0. The fourth-order valence-electron chi connectivity index (χ4n) is 4.01. The van der Waals surface area contributed by atoms with Crippen molar-refractivity contribution in [2.75, 3.05) is 12.8 Å². The van der Waals surface area contributed by atoms with Crippen molar-refractivity contribution in [3.8, 4) is 0 Å². The van der Waals surface area contributed by atoms with Crippen LogP contribution in [0.3, 0.4) is 0 Å². The van der Waals surface area contributed by atoms with Gasteiger partial charge in [0, 0.05) is 11.6 Å². The van der Waals surface area contributed by atoms with Crippen LogP contribution in [0.25, 0.3) is 0 Å². The third-order valence-electron chi connectivity index (χ3n) is 5.00. The molecule has 3 rings (SSSR count). The summed E-state index contributed by atoms with van der Waals surface area (Å²) in [5.74, 6) is -1.15. The molecule has 3 atom stereocenters. The SMILES string of the molecule is CCC[C@H]1C(=O)N(S(C)(=O)=O)[C@H]2CCN(S(=O)(=O)c3ccc(Cl)cc3)[C@H]12. The Balaban J connectivity index is 2.03. The predicted octanol–water partition coefficient (Wildman–Crippen LogP) is 1.69. The number of rotatable bonds is 5. The van der Waals surface area contributed by atoms with E-state index in [1.807, 2.05) is 6.92 Å². The third-order valence-corrected chi connectivity index (χ3v) is 8.33. The van der Waals surface area contributed by atoms with E-state index >= 15 is 0 Å². The summed E-state index contributed by atoms with van der Waals surface area (Å²) >= 11 is 5.84. The van der Waals surface area contributed by atoms with Crippen LogP contribution in [-0.4, -0.2) is 56.2 Å². The summed E-state index contributed by atoms with van der Waals surface area (Å²) in [7, 11) is -7.60. The summed E-state index contributed by atoms with van der Waals surface area (Å²) in [5.41, 5.74) is 0. The number of sulfonamides is 2. The largest absolute Gasteiger partial charge is 0.273 e. The zero-order valence-electron chi connectivity index (χ0n) is 14.5. The molecule has 0 N–H and O–H groups in total. The van der Waals surface area contributed by atoms with E-state index in [-0.39, 0.29) is 11.4 Å². The van der Waals surface area contributed by atoms with Crippen LogP contribution in [0.1, 0.15) is 26.2 Å². The topological polar surface area (TPSA) is 91.8 Å². The Bertz CT molecular complexity index is 914. The van der Waals surface area contributed by atoms with Crippen molar-refractivity contribution in [3.05, 3.63) is 29.3 Å². The van der Waals surface area contributed by atoms with Gasteiger partial charge < -0.3 is 0 Å². The van der Waals surface area contributed by atoms with Gasteiger partial charge in [0.15, 0.2) is 0 Å². The fourth-order valence-corrected chi connectivity index (χ4v) is 7.02. The Kier molecular flexibility index (Phi) is 5.11. The first-order valence-electron chi connectivity index (χ1n) is 8.39. The maximum atomic E-state index is 13.1. The molecule has 0 spiro atoms. The van der Waals surface area contributed by atoms with Gasteiger partial charge >= 0.3 is 0 Å². The van der Waals surface area contributed by atoms with Crippen LogP contribution in [0.2, 0.25) is 5.02 Å². The molecule has 1 aromatic carbocycles. The van der Waals surface area contributed by atoms with E-state index in [4.69, 9.17) is 11.6 Å². The molecule has 2 saturated heterocycles. The minimum atomic E-state index is -3.85. The van der Waals surface area contributed by atoms with Gasteiger partial charge in [0.25, 0.3) is 0 Å². The lowest BCUT2D eigenvalue weighted by Gasteiger charge is -2.26. The van der Waals surface area contributed by atoms with Gasteiger partial charge in [-0.15, -0.1) is 0 Å². The molecule has 1 amide bonds. The Morgan fingerprint density at radius 2 is 1.77 bits per heavy atom. The van der Waals surface area contributed by atoms with Gasteiger partial charge in [0.1, 0.15) is 0 Å². The predicted molar refractivity (Wildman–Crippen MR) is 97.6 cm³/mol. The number of hydrogen-bond acceptors (Lipinski definition) is 5. The maximum Gasteiger partial charge on any atom is 0.243 e. The number of fused-ring (bicyclic) bond motifs is 1. The van der Waals surface area contributed by atoms with E-state index in [0.717, 1.165) is 10.6 Å². The number of benzene rings is 1. The van der Waals surface area contributed by atoms with E-state index in [1.165, 1.54) is 28.6 Å². The molecule has 10 heteroatoms. The summed E-state index contributed by atoms with van der Waals surface area (Å²) < 4.78 is 52.6. The number of carbonyl (C=O) groups excluding carboxylic acids is 1. The first kappa shape index (κ1) is 19.6. The summed E-state index contributed by atoms with van der Waals surface area (Å²) in [6.07, 6.45) is 2.40. The van der Waals surface area contributed by atoms with Crippen LogP contribution >= 0.6 is 11.6 Å². The molecule has 2 aliphatic rings. The smallest absolute Gasteiger partial charge is 0.243 e. The lowest BCUT2D eigenvalue weighted by atomic mass is 9.95. The van der Waals surface area contributed by atoms with Crippen LogP contribution in [0.5, 0.6) is 0 Å². The lowest BCUT2D eigenvalue weighted by molar-refractivity contribution is -0.128. The highest BCUT2D eigenvalue weighted by Gasteiger charge is 2.58. The van der Waals surface area contributed by atoms with Crippen LogP contribution in [0, 0.1) is 5.92 Å². The van der Waals surface area contributed by atoms with Crippen molar-refractivity contribution in [2.45, 2.75) is 43.2 Å². The molecular weight excluding hydrogens is 400 g/mol. The molecule has 2 heterocycles. The van der Waals surface area contributed by atoms with E-state index < -0.39 is 44.0 Å². The Hall–Kier alpha value is -1.16. The Morgan fingerprint density at radius 1 is 1.15 bits per heavy atom. The molecule has 2 fully saturated rings. The molecule has 0 aromatic heterocycles. The minimum Gasteiger partial charge on any atom is -0.273 e. The molecule has 26 heavy (non-hydrogen) atoms. The van der Waals surface area contributed by atoms with Gasteiger partial charge in [-0.25, -0.2) is 21.1 Å². The van der Waals surface area contributed by atoms with Gasteiger partial charge in [-0.05, 0) is 37.1 Å². The first-order chi connectivity index (χ1) is 12.1. The highest BCUT2D eigenvalue weighted by molar-refractivity contribution is 7.89. The van der Waals surface area contributed by atoms with E-state index in [2.05, 4.69) is 0 Å². The Labute approximate surface area is 159 Å². The third kappa shape index (κ3) is 3.15. The molecule has 1 aromatic rings. The second-order valence-electron chi connectivity index (χ2n) is 6.71. The number of amides is 1. The van der Waals surface area contributed by atoms with Gasteiger partial charge in [-0.1, -0.05) is 24.9 Å². The van der Waals surface area contributed by atoms with Gasteiger partial charge in [0.05, 0.1) is 29.2 Å². The molecule has 0 bridgehead atoms. The molecule has 144 valence electrons. The average molecular weight is 421 g/mol. The second kappa shape index (κ2) is 6.78. The molecule has 0 unspecified atom stereocenters. The average Bonchev–Trinajstić information content (AvgIpc) is 3.06. The molecule has 0 saturated carbocycles. The van der Waals surface area contributed by atoms with Gasteiger partial charge in [0.2, 0.25) is 26.0 Å². The minimum absolute atomic E-state index is 0.0862. The summed E-state index contributed by atoms with van der Waals surface area (Å²) in [6, 6.07) is 4.52. The monoisotopic (exact) mass is 420 g/mol. The maximum absolute atomic E-state index is 13.1. The van der Waals surface area contributed by atoms with Crippen LogP contribution < -0.4 is 0 Å². The molecule has 0 radical (unpaired) electrons. The fraction of sp³-hybridized carbons (Fsp3) is 0.562. The van der Waals surface area contributed by atoms with E-state index in [1.54, 1.807) is 0 Å². The summed E-state index contributed by atoms with van der Waals surface area (Å²) in [4.78, 5) is 12.8. The van der Waals surface area contributed by atoms with Crippen LogP contribution in [0.15, 0.2) is 29.2 Å². The lowest BCUT2D eigenvalue weighted by Crippen LogP contribution is -2.43. The normalized spacial score (nSPS) is 27.1. The van der Waals surface area contributed by atoms with E-state index in [9.17, 15) is 21.6 Å². The summed E-state index contributed by atoms with van der Waals surface area (Å²) in [5, 5.41) is 0.423. The Morgan fingerprint density at radius 3 is 2.31 bits per heavy atom. The molecule has 0 aliphatic carbocycles. The van der Waals surface area contributed by atoms with Crippen molar-refractivity contribution in [1.29, 1.82) is 0 Å². The van der Waals surface area contributed by atoms with Gasteiger partial charge in [-0.3, -0.25) is 4.79 Å². The number of nitrogens with zero attached hydrogens (tertiary/aromatic N) is 2. The molecular formula is C16H21ClN2O5S2. The molecule has 2 aliphatic heterocycles. The van der Waals surface area contributed by atoms with Crippen molar-refractivity contribution in [2.24, 2.45) is 5.92 Å². The zero-order valence-corrected chi connectivity index (χ0v) is 16.9. The number of carbonyl (C=O) groups is 1. The standard InChI is InChI=1S/C16H21ClN2O5S2/c1-3-4-13-15-14(19(16(13)20)25(2,21)22)9-10-18(15)26(23,24)12-7-5-11(17)6-8-12/h5-8,13-15H,3-4,9-10H2,1-2H3/t13-,14+,15-/m1/s1. The quantitative estimate of drug-likeness (QED) is 0.722. The van der Waals surface area contributed by atoms with Crippen molar-refractivity contribution < 1.29 is 21.6 Å². The second-order valence-corrected chi connectivity index (χ2v) is 10.9.